The van der Waals surface area contributed by atoms with Gasteiger partial charge in [0.15, 0.2) is 0 Å². The van der Waals surface area contributed by atoms with E-state index < -0.39 is 0 Å². The zero-order valence-corrected chi connectivity index (χ0v) is 6.64. The number of ether oxygens (including phenoxy) is 1. The molecular weight excluding hydrogens is 154 g/mol. The molecule has 1 fully saturated rings. The third-order valence-electron chi connectivity index (χ3n) is 1.61. The lowest BCUT2D eigenvalue weighted by atomic mass is 10.1. The summed E-state index contributed by atoms with van der Waals surface area (Å²) in [6.45, 7) is 0.734. The number of aliphatic hydroxyl groups is 1. The Kier molecular flexibility index (Phi) is 4.99. The fraction of sp³-hybridized carbons (Fsp3) is 1.00. The molecule has 0 aromatic rings. The summed E-state index contributed by atoms with van der Waals surface area (Å²) in [6.07, 6.45) is 1.92. The smallest absolute Gasteiger partial charge is 0.0807 e. The van der Waals surface area contributed by atoms with Gasteiger partial charge in [0.25, 0.3) is 0 Å². The van der Waals surface area contributed by atoms with Crippen molar-refractivity contribution in [3.05, 3.63) is 0 Å². The van der Waals surface area contributed by atoms with Gasteiger partial charge in [0.1, 0.15) is 0 Å². The van der Waals surface area contributed by atoms with E-state index in [2.05, 4.69) is 0 Å². The monoisotopic (exact) mass is 167 g/mol. The van der Waals surface area contributed by atoms with Crippen molar-refractivity contribution in [2.45, 2.75) is 25.0 Å². The van der Waals surface area contributed by atoms with Gasteiger partial charge in [0.2, 0.25) is 0 Å². The van der Waals surface area contributed by atoms with Crippen LogP contribution in [0.2, 0.25) is 0 Å². The van der Waals surface area contributed by atoms with E-state index in [0.717, 1.165) is 12.8 Å². The predicted molar refractivity (Wildman–Crippen MR) is 41.3 cm³/mol. The zero-order valence-electron chi connectivity index (χ0n) is 5.82. The van der Waals surface area contributed by atoms with Crippen LogP contribution in [0.4, 0.5) is 0 Å². The topological polar surface area (TPSA) is 55.5 Å². The van der Waals surface area contributed by atoms with Crippen molar-refractivity contribution in [2.24, 2.45) is 5.73 Å². The first-order valence-corrected chi connectivity index (χ1v) is 3.31. The van der Waals surface area contributed by atoms with Gasteiger partial charge < -0.3 is 15.6 Å². The lowest BCUT2D eigenvalue weighted by molar-refractivity contribution is -0.0254. The van der Waals surface area contributed by atoms with Crippen molar-refractivity contribution in [3.8, 4) is 0 Å². The summed E-state index contributed by atoms with van der Waals surface area (Å²) in [7, 11) is 0. The minimum atomic E-state index is 0. The summed E-state index contributed by atoms with van der Waals surface area (Å²) in [5.41, 5.74) is 5.55. The largest absolute Gasteiger partial charge is 0.394 e. The summed E-state index contributed by atoms with van der Waals surface area (Å²) in [4.78, 5) is 0. The van der Waals surface area contributed by atoms with Gasteiger partial charge >= 0.3 is 0 Å². The van der Waals surface area contributed by atoms with E-state index in [9.17, 15) is 0 Å². The molecule has 10 heavy (non-hydrogen) atoms. The highest BCUT2D eigenvalue weighted by atomic mass is 35.5. The molecule has 62 valence electrons. The number of hydrogen-bond acceptors (Lipinski definition) is 3. The summed E-state index contributed by atoms with van der Waals surface area (Å²) in [5, 5.41) is 8.61. The SMILES string of the molecule is Cl.N[C@H]1CC[C@H](CO)OC1. The molecule has 0 radical (unpaired) electrons. The highest BCUT2D eigenvalue weighted by Crippen LogP contribution is 2.10. The molecule has 2 atom stereocenters. The van der Waals surface area contributed by atoms with Gasteiger partial charge in [-0.05, 0) is 12.8 Å². The lowest BCUT2D eigenvalue weighted by Crippen LogP contribution is -2.36. The normalized spacial score (nSPS) is 33.0. The molecule has 1 rings (SSSR count). The Labute approximate surface area is 67.0 Å². The maximum absolute atomic E-state index is 8.61. The molecular formula is C6H14ClNO2. The number of halogens is 1. The van der Waals surface area contributed by atoms with E-state index in [1.807, 2.05) is 0 Å². The maximum Gasteiger partial charge on any atom is 0.0807 e. The van der Waals surface area contributed by atoms with Crippen molar-refractivity contribution >= 4 is 12.4 Å². The molecule has 1 saturated heterocycles. The quantitative estimate of drug-likeness (QED) is 0.574. The fourth-order valence-electron chi connectivity index (χ4n) is 0.970. The molecule has 0 aromatic heterocycles. The van der Waals surface area contributed by atoms with Crippen LogP contribution in [0.25, 0.3) is 0 Å². The molecule has 4 heteroatoms. The maximum atomic E-state index is 8.61. The number of aliphatic hydroxyl groups excluding tert-OH is 1. The standard InChI is InChI=1S/C6H13NO2.ClH/c7-5-1-2-6(3-8)9-4-5;/h5-6,8H,1-4,7H2;1H/t5-,6+;/m0./s1. The summed E-state index contributed by atoms with van der Waals surface area (Å²) < 4.78 is 5.16. The molecule has 0 amide bonds. The van der Waals surface area contributed by atoms with Crippen LogP contribution >= 0.6 is 12.4 Å². The summed E-state index contributed by atoms with van der Waals surface area (Å²) in [5.74, 6) is 0. The molecule has 0 aliphatic carbocycles. The molecule has 0 saturated carbocycles. The van der Waals surface area contributed by atoms with Gasteiger partial charge in [-0.1, -0.05) is 0 Å². The first-order valence-electron chi connectivity index (χ1n) is 3.31. The van der Waals surface area contributed by atoms with Crippen LogP contribution in [0.1, 0.15) is 12.8 Å². The van der Waals surface area contributed by atoms with Gasteiger partial charge in [-0.3, -0.25) is 0 Å². The van der Waals surface area contributed by atoms with E-state index in [4.69, 9.17) is 15.6 Å². The van der Waals surface area contributed by atoms with Crippen LogP contribution in [0.3, 0.4) is 0 Å². The Morgan fingerprint density at radius 2 is 2.20 bits per heavy atom. The van der Waals surface area contributed by atoms with Crippen LogP contribution in [0.15, 0.2) is 0 Å². The van der Waals surface area contributed by atoms with E-state index in [1.165, 1.54) is 0 Å². The Bertz CT molecular complexity index is 83.8. The summed E-state index contributed by atoms with van der Waals surface area (Å²) >= 11 is 0. The molecule has 3 nitrogen and oxygen atoms in total. The first kappa shape index (κ1) is 10.2. The molecule has 3 N–H and O–H groups in total. The van der Waals surface area contributed by atoms with Crippen LogP contribution in [-0.2, 0) is 4.74 Å². The van der Waals surface area contributed by atoms with Crippen molar-refractivity contribution in [2.75, 3.05) is 13.2 Å². The molecule has 1 aliphatic heterocycles. The van der Waals surface area contributed by atoms with Crippen molar-refractivity contribution < 1.29 is 9.84 Å². The third-order valence-corrected chi connectivity index (χ3v) is 1.61. The van der Waals surface area contributed by atoms with Crippen LogP contribution in [-0.4, -0.2) is 30.5 Å². The molecule has 0 spiro atoms. The lowest BCUT2D eigenvalue weighted by Gasteiger charge is -2.24. The molecule has 0 unspecified atom stereocenters. The van der Waals surface area contributed by atoms with Gasteiger partial charge in [0.05, 0.1) is 19.3 Å². The minimum Gasteiger partial charge on any atom is -0.394 e. The number of nitrogens with two attached hydrogens (primary N) is 1. The van der Waals surface area contributed by atoms with Crippen LogP contribution < -0.4 is 5.73 Å². The Hall–Kier alpha value is 0.170. The summed E-state index contributed by atoms with van der Waals surface area (Å²) in [6, 6.07) is 0.188. The molecule has 1 heterocycles. The molecule has 0 aromatic carbocycles. The number of rotatable bonds is 1. The average Bonchev–Trinajstić information content (AvgIpc) is 1.90. The van der Waals surface area contributed by atoms with Gasteiger partial charge in [-0.2, -0.15) is 0 Å². The van der Waals surface area contributed by atoms with E-state index in [1.54, 1.807) is 0 Å². The minimum absolute atomic E-state index is 0. The second kappa shape index (κ2) is 4.91. The third kappa shape index (κ3) is 2.84. The van der Waals surface area contributed by atoms with Gasteiger partial charge in [-0.25, -0.2) is 0 Å². The van der Waals surface area contributed by atoms with Gasteiger partial charge in [-0.15, -0.1) is 12.4 Å². The highest BCUT2D eigenvalue weighted by molar-refractivity contribution is 5.85. The van der Waals surface area contributed by atoms with Crippen molar-refractivity contribution in [3.63, 3.8) is 0 Å². The number of hydrogen-bond donors (Lipinski definition) is 2. The van der Waals surface area contributed by atoms with E-state index >= 15 is 0 Å². The second-order valence-electron chi connectivity index (χ2n) is 2.48. The van der Waals surface area contributed by atoms with Crippen molar-refractivity contribution in [1.82, 2.24) is 0 Å². The Morgan fingerprint density at radius 3 is 2.60 bits per heavy atom. The molecule has 1 aliphatic rings. The van der Waals surface area contributed by atoms with Crippen molar-refractivity contribution in [1.29, 1.82) is 0 Å². The van der Waals surface area contributed by atoms with Gasteiger partial charge in [0, 0.05) is 6.04 Å². The van der Waals surface area contributed by atoms with Crippen LogP contribution in [0.5, 0.6) is 0 Å². The van der Waals surface area contributed by atoms with Crippen LogP contribution in [0, 0.1) is 0 Å². The Morgan fingerprint density at radius 1 is 1.50 bits per heavy atom. The molecule has 0 bridgehead atoms. The Balaban J connectivity index is 0.000000810. The first-order chi connectivity index (χ1) is 4.33. The zero-order chi connectivity index (χ0) is 6.69. The van der Waals surface area contributed by atoms with E-state index in [-0.39, 0.29) is 31.2 Å². The highest BCUT2D eigenvalue weighted by Gasteiger charge is 2.17. The van der Waals surface area contributed by atoms with E-state index in [0.29, 0.717) is 6.61 Å². The average molecular weight is 168 g/mol. The predicted octanol–water partition coefficient (Wildman–Crippen LogP) is -0.0932. The fourth-order valence-corrected chi connectivity index (χ4v) is 0.970. The second-order valence-corrected chi connectivity index (χ2v) is 2.48.